The number of carboxylic acids is 1. The number of amidine groups is 1. The molecule has 0 aromatic heterocycles. The highest BCUT2D eigenvalue weighted by atomic mass is 32.2. The standard InChI is InChI=1S/C20H18N2O4S/c1-21-20-22(2)18(23)17(27-20)11-13-5-9-16(10-6-13)26-12-14-3-7-15(8-4-14)19(24)25/h3-11H,12H2,1-2H3,(H,24,25)/b17-11+,21-20?. The zero-order valence-electron chi connectivity index (χ0n) is 14.9. The third-order valence-electron chi connectivity index (χ3n) is 3.98. The minimum atomic E-state index is -0.949. The predicted octanol–water partition coefficient (Wildman–Crippen LogP) is 3.50. The van der Waals surface area contributed by atoms with Gasteiger partial charge in [0, 0.05) is 14.1 Å². The molecule has 0 aliphatic carbocycles. The SMILES string of the molecule is CN=C1S/C(=C/c2ccc(OCc3ccc(C(=O)O)cc3)cc2)C(=O)N1C. The zero-order valence-corrected chi connectivity index (χ0v) is 15.7. The molecule has 0 bridgehead atoms. The fourth-order valence-electron chi connectivity index (χ4n) is 2.47. The number of carboxylic acid groups (broad SMARTS) is 1. The zero-order chi connectivity index (χ0) is 19.4. The Balaban J connectivity index is 1.63. The van der Waals surface area contributed by atoms with Crippen LogP contribution in [0.5, 0.6) is 5.75 Å². The van der Waals surface area contributed by atoms with E-state index in [1.54, 1.807) is 38.4 Å². The molecule has 1 saturated heterocycles. The Morgan fingerprint density at radius 3 is 2.41 bits per heavy atom. The summed E-state index contributed by atoms with van der Waals surface area (Å²) < 4.78 is 5.72. The summed E-state index contributed by atoms with van der Waals surface area (Å²) in [5.74, 6) is -0.321. The molecule has 27 heavy (non-hydrogen) atoms. The van der Waals surface area contributed by atoms with E-state index >= 15 is 0 Å². The third-order valence-corrected chi connectivity index (χ3v) is 5.13. The van der Waals surface area contributed by atoms with Crippen molar-refractivity contribution in [2.75, 3.05) is 14.1 Å². The number of carbonyl (C=O) groups is 2. The Hall–Kier alpha value is -3.06. The van der Waals surface area contributed by atoms with Crippen molar-refractivity contribution in [3.05, 3.63) is 70.1 Å². The van der Waals surface area contributed by atoms with E-state index < -0.39 is 5.97 Å². The van der Waals surface area contributed by atoms with E-state index in [1.165, 1.54) is 16.7 Å². The first kappa shape index (κ1) is 18.7. The molecule has 0 atom stereocenters. The molecular formula is C20H18N2O4S. The Morgan fingerprint density at radius 2 is 1.85 bits per heavy atom. The van der Waals surface area contributed by atoms with Crippen LogP contribution in [-0.4, -0.2) is 41.1 Å². The first-order valence-corrected chi connectivity index (χ1v) is 8.99. The fourth-order valence-corrected chi connectivity index (χ4v) is 3.40. The lowest BCUT2D eigenvalue weighted by Gasteiger charge is -2.07. The molecule has 2 aromatic rings. The van der Waals surface area contributed by atoms with Crippen LogP contribution < -0.4 is 4.74 Å². The van der Waals surface area contributed by atoms with Crippen LogP contribution in [0.3, 0.4) is 0 Å². The van der Waals surface area contributed by atoms with Crippen LogP contribution in [0.2, 0.25) is 0 Å². The van der Waals surface area contributed by atoms with Crippen molar-refractivity contribution in [2.45, 2.75) is 6.61 Å². The van der Waals surface area contributed by atoms with Gasteiger partial charge in [0.05, 0.1) is 10.5 Å². The average molecular weight is 382 g/mol. The lowest BCUT2D eigenvalue weighted by atomic mass is 10.1. The number of rotatable bonds is 5. The van der Waals surface area contributed by atoms with E-state index in [1.807, 2.05) is 30.3 Å². The number of amides is 1. The van der Waals surface area contributed by atoms with Crippen LogP contribution in [-0.2, 0) is 11.4 Å². The second-order valence-corrected chi connectivity index (χ2v) is 6.85. The number of hydrogen-bond acceptors (Lipinski definition) is 5. The van der Waals surface area contributed by atoms with Crippen LogP contribution in [0.15, 0.2) is 58.4 Å². The summed E-state index contributed by atoms with van der Waals surface area (Å²) in [6, 6.07) is 14.0. The number of carbonyl (C=O) groups excluding carboxylic acids is 1. The summed E-state index contributed by atoms with van der Waals surface area (Å²) in [6.07, 6.45) is 1.83. The molecule has 6 nitrogen and oxygen atoms in total. The molecule has 1 aliphatic heterocycles. The normalized spacial score (nSPS) is 17.0. The van der Waals surface area contributed by atoms with Crippen molar-refractivity contribution in [3.8, 4) is 5.75 Å². The summed E-state index contributed by atoms with van der Waals surface area (Å²) >= 11 is 1.35. The maximum Gasteiger partial charge on any atom is 0.335 e. The van der Waals surface area contributed by atoms with Crippen molar-refractivity contribution in [1.29, 1.82) is 0 Å². The lowest BCUT2D eigenvalue weighted by molar-refractivity contribution is -0.121. The van der Waals surface area contributed by atoms with E-state index in [9.17, 15) is 9.59 Å². The molecule has 1 N–H and O–H groups in total. The van der Waals surface area contributed by atoms with E-state index in [4.69, 9.17) is 9.84 Å². The smallest absolute Gasteiger partial charge is 0.335 e. The van der Waals surface area contributed by atoms with Gasteiger partial charge in [0.15, 0.2) is 5.17 Å². The topological polar surface area (TPSA) is 79.2 Å². The highest BCUT2D eigenvalue weighted by molar-refractivity contribution is 8.18. The van der Waals surface area contributed by atoms with Gasteiger partial charge in [-0.05, 0) is 53.2 Å². The van der Waals surface area contributed by atoms with Gasteiger partial charge in [0.2, 0.25) is 0 Å². The van der Waals surface area contributed by atoms with Gasteiger partial charge in [0.25, 0.3) is 5.91 Å². The van der Waals surface area contributed by atoms with Crippen molar-refractivity contribution in [3.63, 3.8) is 0 Å². The molecule has 138 valence electrons. The molecule has 0 saturated carbocycles. The molecule has 3 rings (SSSR count). The molecule has 0 radical (unpaired) electrons. The average Bonchev–Trinajstić information content (AvgIpc) is 2.95. The summed E-state index contributed by atoms with van der Waals surface area (Å²) in [7, 11) is 3.37. The number of aliphatic imine (C=N–C) groups is 1. The van der Waals surface area contributed by atoms with Crippen LogP contribution >= 0.6 is 11.8 Å². The number of ether oxygens (including phenoxy) is 1. The first-order chi connectivity index (χ1) is 13.0. The second-order valence-electron chi connectivity index (χ2n) is 5.84. The van der Waals surface area contributed by atoms with Crippen LogP contribution in [0.1, 0.15) is 21.5 Å². The maximum atomic E-state index is 12.2. The largest absolute Gasteiger partial charge is 0.489 e. The number of nitrogens with zero attached hydrogens (tertiary/aromatic N) is 2. The Bertz CT molecular complexity index is 918. The molecule has 1 fully saturated rings. The maximum absolute atomic E-state index is 12.2. The Kier molecular flexibility index (Phi) is 5.61. The molecule has 0 unspecified atom stereocenters. The van der Waals surface area contributed by atoms with Crippen molar-refractivity contribution in [1.82, 2.24) is 4.90 Å². The second kappa shape index (κ2) is 8.09. The summed E-state index contributed by atoms with van der Waals surface area (Å²) in [5.41, 5.74) is 2.03. The molecule has 1 heterocycles. The molecular weight excluding hydrogens is 364 g/mol. The highest BCUT2D eigenvalue weighted by Gasteiger charge is 2.29. The van der Waals surface area contributed by atoms with Crippen molar-refractivity contribution in [2.24, 2.45) is 4.99 Å². The lowest BCUT2D eigenvalue weighted by Crippen LogP contribution is -2.23. The number of thioether (sulfide) groups is 1. The molecule has 1 amide bonds. The minimum Gasteiger partial charge on any atom is -0.489 e. The fraction of sp³-hybridized carbons (Fsp3) is 0.150. The van der Waals surface area contributed by atoms with Crippen LogP contribution in [0.4, 0.5) is 0 Å². The third kappa shape index (κ3) is 4.38. The van der Waals surface area contributed by atoms with E-state index in [0.29, 0.717) is 22.4 Å². The molecule has 0 spiro atoms. The number of likely N-dealkylation sites (N-methyl/N-ethyl adjacent to an activating group) is 1. The van der Waals surface area contributed by atoms with Gasteiger partial charge in [-0.2, -0.15) is 0 Å². The van der Waals surface area contributed by atoms with Gasteiger partial charge in [-0.15, -0.1) is 0 Å². The van der Waals surface area contributed by atoms with Gasteiger partial charge in [0.1, 0.15) is 12.4 Å². The first-order valence-electron chi connectivity index (χ1n) is 8.17. The highest BCUT2D eigenvalue weighted by Crippen LogP contribution is 2.31. The quantitative estimate of drug-likeness (QED) is 0.801. The summed E-state index contributed by atoms with van der Waals surface area (Å²) in [5, 5.41) is 9.58. The Labute approximate surface area is 161 Å². The molecule has 7 heteroatoms. The number of hydrogen-bond donors (Lipinski definition) is 1. The Morgan fingerprint density at radius 1 is 1.19 bits per heavy atom. The van der Waals surface area contributed by atoms with Crippen molar-refractivity contribution < 1.29 is 19.4 Å². The molecule has 1 aliphatic rings. The van der Waals surface area contributed by atoms with Gasteiger partial charge in [-0.3, -0.25) is 14.7 Å². The van der Waals surface area contributed by atoms with Gasteiger partial charge in [-0.25, -0.2) is 4.79 Å². The van der Waals surface area contributed by atoms with Gasteiger partial charge >= 0.3 is 5.97 Å². The van der Waals surface area contributed by atoms with Crippen LogP contribution in [0, 0.1) is 0 Å². The van der Waals surface area contributed by atoms with Crippen molar-refractivity contribution >= 4 is 34.9 Å². The molecule has 2 aromatic carbocycles. The summed E-state index contributed by atoms with van der Waals surface area (Å²) in [4.78, 5) is 29.3. The van der Waals surface area contributed by atoms with Crippen LogP contribution in [0.25, 0.3) is 6.08 Å². The van der Waals surface area contributed by atoms with Gasteiger partial charge < -0.3 is 9.84 Å². The van der Waals surface area contributed by atoms with Gasteiger partial charge in [-0.1, -0.05) is 24.3 Å². The minimum absolute atomic E-state index is 0.0641. The predicted molar refractivity (Wildman–Crippen MR) is 106 cm³/mol. The van der Waals surface area contributed by atoms with E-state index in [-0.39, 0.29) is 11.5 Å². The number of benzene rings is 2. The van der Waals surface area contributed by atoms with E-state index in [2.05, 4.69) is 4.99 Å². The van der Waals surface area contributed by atoms with E-state index in [0.717, 1.165) is 11.1 Å². The monoisotopic (exact) mass is 382 g/mol. The number of aromatic carboxylic acids is 1. The summed E-state index contributed by atoms with van der Waals surface area (Å²) in [6.45, 7) is 0.343.